The summed E-state index contributed by atoms with van der Waals surface area (Å²) in [4.78, 5) is 19.4. The van der Waals surface area contributed by atoms with E-state index in [1.165, 1.54) is 19.3 Å². The Hall–Kier alpha value is -1.36. The first kappa shape index (κ1) is 15.2. The molecule has 4 aliphatic rings. The maximum atomic E-state index is 13.4. The zero-order valence-electron chi connectivity index (χ0n) is 13.9. The number of aryl methyl sites for hydroxylation is 1. The van der Waals surface area contributed by atoms with E-state index >= 15 is 0 Å². The molecule has 126 valence electrons. The Bertz CT molecular complexity index is 560. The molecule has 1 heterocycles. The molecule has 0 radical (unpaired) electrons. The highest BCUT2D eigenvalue weighted by molar-refractivity contribution is 5.83. The smallest absolute Gasteiger partial charge is 0.229 e. The molecule has 0 unspecified atom stereocenters. The van der Waals surface area contributed by atoms with Gasteiger partial charge >= 0.3 is 0 Å². The Kier molecular flexibility index (Phi) is 3.71. The standard InChI is InChI=1S/C18H27N3O2/c1-20-12-19-10-16(20)11-21(2-3-22)17(23)18-7-13-4-14(8-18)6-15(5-13)9-18/h10,12-15,22H,2-9,11H2,1H3. The average molecular weight is 317 g/mol. The van der Waals surface area contributed by atoms with Crippen molar-refractivity contribution in [3.63, 3.8) is 0 Å². The van der Waals surface area contributed by atoms with Gasteiger partial charge in [0.25, 0.3) is 0 Å². The van der Waals surface area contributed by atoms with E-state index in [1.807, 2.05) is 22.7 Å². The highest BCUT2D eigenvalue weighted by Gasteiger charge is 2.55. The van der Waals surface area contributed by atoms with Gasteiger partial charge in [0.2, 0.25) is 5.91 Å². The summed E-state index contributed by atoms with van der Waals surface area (Å²) in [5, 5.41) is 9.45. The van der Waals surface area contributed by atoms with Gasteiger partial charge in [-0.25, -0.2) is 4.98 Å². The van der Waals surface area contributed by atoms with Crippen molar-refractivity contribution in [2.75, 3.05) is 13.2 Å². The number of amides is 1. The number of nitrogens with zero attached hydrogens (tertiary/aromatic N) is 3. The lowest BCUT2D eigenvalue weighted by Gasteiger charge is -2.56. The number of hydrogen-bond acceptors (Lipinski definition) is 3. The fourth-order valence-electron chi connectivity index (χ4n) is 5.81. The molecule has 5 rings (SSSR count). The Labute approximate surface area is 137 Å². The van der Waals surface area contributed by atoms with Crippen LogP contribution in [0.1, 0.15) is 44.2 Å². The summed E-state index contributed by atoms with van der Waals surface area (Å²) in [6.45, 7) is 0.999. The van der Waals surface area contributed by atoms with Crippen LogP contribution in [0.3, 0.4) is 0 Å². The van der Waals surface area contributed by atoms with Crippen molar-refractivity contribution in [2.24, 2.45) is 30.2 Å². The number of rotatable bonds is 5. The normalized spacial score (nSPS) is 34.8. The molecule has 0 spiro atoms. The SMILES string of the molecule is Cn1cncc1CN(CCO)C(=O)C12CC3CC(CC(C3)C1)C2. The minimum atomic E-state index is -0.136. The van der Waals surface area contributed by atoms with Crippen molar-refractivity contribution < 1.29 is 9.90 Å². The highest BCUT2D eigenvalue weighted by Crippen LogP contribution is 2.60. The molecule has 1 N–H and O–H groups in total. The average Bonchev–Trinajstić information content (AvgIpc) is 2.90. The number of aliphatic hydroxyl groups excluding tert-OH is 1. The van der Waals surface area contributed by atoms with E-state index in [2.05, 4.69) is 4.98 Å². The van der Waals surface area contributed by atoms with E-state index in [9.17, 15) is 9.90 Å². The molecule has 4 aliphatic carbocycles. The van der Waals surface area contributed by atoms with E-state index in [4.69, 9.17) is 0 Å². The van der Waals surface area contributed by atoms with Crippen LogP contribution in [-0.2, 0) is 18.4 Å². The molecule has 5 heteroatoms. The molecule has 0 atom stereocenters. The van der Waals surface area contributed by atoms with Crippen molar-refractivity contribution in [3.05, 3.63) is 18.2 Å². The number of aliphatic hydroxyl groups is 1. The third-order valence-corrected chi connectivity index (χ3v) is 6.42. The lowest BCUT2D eigenvalue weighted by Crippen LogP contribution is -2.54. The predicted octanol–water partition coefficient (Wildman–Crippen LogP) is 1.96. The number of aromatic nitrogens is 2. The number of imidazole rings is 1. The molecular weight excluding hydrogens is 290 g/mol. The van der Waals surface area contributed by atoms with Gasteiger partial charge in [0.1, 0.15) is 0 Å². The minimum absolute atomic E-state index is 0.0238. The topological polar surface area (TPSA) is 58.4 Å². The second-order valence-electron chi connectivity index (χ2n) is 8.14. The number of carbonyl (C=O) groups is 1. The third kappa shape index (κ3) is 2.59. The van der Waals surface area contributed by atoms with Crippen LogP contribution in [0.25, 0.3) is 0 Å². The van der Waals surface area contributed by atoms with Crippen LogP contribution in [0.2, 0.25) is 0 Å². The summed E-state index contributed by atoms with van der Waals surface area (Å²) >= 11 is 0. The van der Waals surface area contributed by atoms with Crippen molar-refractivity contribution in [2.45, 2.75) is 45.1 Å². The Balaban J connectivity index is 1.56. The van der Waals surface area contributed by atoms with Crippen molar-refractivity contribution in [3.8, 4) is 0 Å². The fraction of sp³-hybridized carbons (Fsp3) is 0.778. The molecule has 4 saturated carbocycles. The Morgan fingerprint density at radius 2 is 1.91 bits per heavy atom. The number of carbonyl (C=O) groups excluding carboxylic acids is 1. The molecular formula is C18H27N3O2. The Morgan fingerprint density at radius 3 is 2.39 bits per heavy atom. The van der Waals surface area contributed by atoms with Gasteiger partial charge in [-0.05, 0) is 56.3 Å². The molecule has 5 nitrogen and oxygen atoms in total. The van der Waals surface area contributed by atoms with Gasteiger partial charge in [-0.15, -0.1) is 0 Å². The van der Waals surface area contributed by atoms with Gasteiger partial charge in [-0.1, -0.05) is 0 Å². The maximum Gasteiger partial charge on any atom is 0.229 e. The van der Waals surface area contributed by atoms with E-state index in [-0.39, 0.29) is 17.9 Å². The third-order valence-electron chi connectivity index (χ3n) is 6.42. The van der Waals surface area contributed by atoms with Crippen LogP contribution in [-0.4, -0.2) is 38.6 Å². The second-order valence-corrected chi connectivity index (χ2v) is 8.14. The molecule has 0 aliphatic heterocycles. The quantitative estimate of drug-likeness (QED) is 0.903. The molecule has 23 heavy (non-hydrogen) atoms. The molecule has 4 bridgehead atoms. The highest BCUT2D eigenvalue weighted by atomic mass is 16.3. The Morgan fingerprint density at radius 1 is 1.30 bits per heavy atom. The molecule has 0 saturated heterocycles. The molecule has 1 amide bonds. The van der Waals surface area contributed by atoms with Gasteiger partial charge in [0.05, 0.1) is 30.6 Å². The number of hydrogen-bond donors (Lipinski definition) is 1. The van der Waals surface area contributed by atoms with Crippen LogP contribution in [0.15, 0.2) is 12.5 Å². The zero-order chi connectivity index (χ0) is 16.0. The fourth-order valence-corrected chi connectivity index (χ4v) is 5.81. The minimum Gasteiger partial charge on any atom is -0.395 e. The summed E-state index contributed by atoms with van der Waals surface area (Å²) in [7, 11) is 1.95. The molecule has 0 aromatic carbocycles. The summed E-state index contributed by atoms with van der Waals surface area (Å²) in [6.07, 6.45) is 10.8. The van der Waals surface area contributed by atoms with E-state index in [0.29, 0.717) is 13.1 Å². The second kappa shape index (κ2) is 5.62. The van der Waals surface area contributed by atoms with Gasteiger partial charge in [-0.3, -0.25) is 4.79 Å². The summed E-state index contributed by atoms with van der Waals surface area (Å²) in [5.41, 5.74) is 0.888. The van der Waals surface area contributed by atoms with Crippen LogP contribution >= 0.6 is 0 Å². The first-order valence-electron chi connectivity index (χ1n) is 8.95. The summed E-state index contributed by atoms with van der Waals surface area (Å²) in [6, 6.07) is 0. The molecule has 1 aromatic heterocycles. The summed E-state index contributed by atoms with van der Waals surface area (Å²) in [5.74, 6) is 2.57. The molecule has 1 aromatic rings. The first-order chi connectivity index (χ1) is 11.1. The zero-order valence-corrected chi connectivity index (χ0v) is 13.9. The monoisotopic (exact) mass is 317 g/mol. The first-order valence-corrected chi connectivity index (χ1v) is 8.95. The van der Waals surface area contributed by atoms with Gasteiger partial charge in [0.15, 0.2) is 0 Å². The lowest BCUT2D eigenvalue weighted by molar-refractivity contribution is -0.159. The van der Waals surface area contributed by atoms with Gasteiger partial charge in [-0.2, -0.15) is 0 Å². The van der Waals surface area contributed by atoms with E-state index < -0.39 is 0 Å². The van der Waals surface area contributed by atoms with Crippen molar-refractivity contribution in [1.29, 1.82) is 0 Å². The predicted molar refractivity (Wildman–Crippen MR) is 86.3 cm³/mol. The van der Waals surface area contributed by atoms with Crippen molar-refractivity contribution >= 4 is 5.91 Å². The van der Waals surface area contributed by atoms with Crippen LogP contribution < -0.4 is 0 Å². The summed E-state index contributed by atoms with van der Waals surface area (Å²) < 4.78 is 1.96. The van der Waals surface area contributed by atoms with Crippen molar-refractivity contribution in [1.82, 2.24) is 14.5 Å². The lowest BCUT2D eigenvalue weighted by atomic mass is 9.49. The van der Waals surface area contributed by atoms with Gasteiger partial charge < -0.3 is 14.6 Å². The van der Waals surface area contributed by atoms with Crippen LogP contribution in [0.5, 0.6) is 0 Å². The molecule has 4 fully saturated rings. The van der Waals surface area contributed by atoms with Gasteiger partial charge in [0, 0.05) is 19.8 Å². The maximum absolute atomic E-state index is 13.4. The largest absolute Gasteiger partial charge is 0.395 e. The van der Waals surface area contributed by atoms with E-state index in [0.717, 1.165) is 42.7 Å². The van der Waals surface area contributed by atoms with E-state index in [1.54, 1.807) is 6.33 Å². The van der Waals surface area contributed by atoms with Crippen LogP contribution in [0, 0.1) is 23.2 Å². The van der Waals surface area contributed by atoms with Crippen LogP contribution in [0.4, 0.5) is 0 Å².